The van der Waals surface area contributed by atoms with Crippen LogP contribution in [0, 0.1) is 11.3 Å². The lowest BCUT2D eigenvalue weighted by atomic mass is 10.0. The van der Waals surface area contributed by atoms with Crippen LogP contribution in [-0.2, 0) is 4.79 Å². The first-order valence-corrected chi connectivity index (χ1v) is 8.06. The Balaban J connectivity index is 1.92. The van der Waals surface area contributed by atoms with Gasteiger partial charge in [-0.2, -0.15) is 0 Å². The molecule has 122 valence electrons. The number of hydrogen-bond donors (Lipinski definition) is 3. The summed E-state index contributed by atoms with van der Waals surface area (Å²) in [5.74, 6) is -0.471. The Labute approximate surface area is 143 Å². The number of carbonyl (C=O) groups is 2. The zero-order valence-electron chi connectivity index (χ0n) is 12.2. The highest BCUT2D eigenvalue weighted by Gasteiger charge is 2.41. The summed E-state index contributed by atoms with van der Waals surface area (Å²) in [6.07, 6.45) is 2.21. The maximum atomic E-state index is 12.7. The highest BCUT2D eigenvalue weighted by Crippen LogP contribution is 2.42. The number of nitrogens with one attached hydrogen (secondary N) is 2. The molecule has 1 fully saturated rings. The van der Waals surface area contributed by atoms with Gasteiger partial charge in [0.2, 0.25) is 5.91 Å². The molecule has 1 heterocycles. The lowest BCUT2D eigenvalue weighted by Crippen LogP contribution is -2.39. The molecule has 0 bridgehead atoms. The van der Waals surface area contributed by atoms with Crippen LogP contribution in [0.3, 0.4) is 0 Å². The Bertz CT molecular complexity index is 703. The van der Waals surface area contributed by atoms with Crippen molar-refractivity contribution in [1.29, 1.82) is 5.41 Å². The third-order valence-electron chi connectivity index (χ3n) is 4.12. The summed E-state index contributed by atoms with van der Waals surface area (Å²) >= 11 is 12.1. The van der Waals surface area contributed by atoms with Gasteiger partial charge < -0.3 is 10.6 Å². The van der Waals surface area contributed by atoms with Crippen molar-refractivity contribution in [3.8, 4) is 0 Å². The number of nitrogens with zero attached hydrogens (tertiary/aromatic N) is 1. The molecule has 2 amide bonds. The number of hydrogen-bond acceptors (Lipinski definition) is 3. The van der Waals surface area contributed by atoms with E-state index in [2.05, 4.69) is 5.32 Å². The fraction of sp³-hybridized carbons (Fsp3) is 0.400. The van der Waals surface area contributed by atoms with Gasteiger partial charge in [-0.3, -0.25) is 20.3 Å². The van der Waals surface area contributed by atoms with Crippen molar-refractivity contribution in [1.82, 2.24) is 10.2 Å². The number of fused-ring (bicyclic) bond motifs is 1. The smallest absolute Gasteiger partial charge is 0.254 e. The largest absolute Gasteiger partial charge is 0.370 e. The number of halogens is 2. The molecule has 0 saturated heterocycles. The van der Waals surface area contributed by atoms with Gasteiger partial charge >= 0.3 is 0 Å². The van der Waals surface area contributed by atoms with Gasteiger partial charge in [-0.15, -0.1) is 0 Å². The number of nitrogens with two attached hydrogens (primary N) is 1. The van der Waals surface area contributed by atoms with Crippen molar-refractivity contribution in [2.45, 2.75) is 25.3 Å². The van der Waals surface area contributed by atoms with Crippen molar-refractivity contribution in [3.05, 3.63) is 33.3 Å². The van der Waals surface area contributed by atoms with Gasteiger partial charge in [0.1, 0.15) is 0 Å². The third-order valence-corrected chi connectivity index (χ3v) is 4.85. The van der Waals surface area contributed by atoms with Crippen LogP contribution in [0.15, 0.2) is 12.1 Å². The van der Waals surface area contributed by atoms with Crippen LogP contribution >= 0.6 is 23.2 Å². The fourth-order valence-electron chi connectivity index (χ4n) is 2.87. The molecule has 6 nitrogen and oxygen atoms in total. The molecule has 23 heavy (non-hydrogen) atoms. The Morgan fingerprint density at radius 3 is 2.61 bits per heavy atom. The number of guanidine groups is 1. The van der Waals surface area contributed by atoms with Gasteiger partial charge in [0.25, 0.3) is 5.91 Å². The third kappa shape index (κ3) is 3.28. The van der Waals surface area contributed by atoms with E-state index in [0.717, 1.165) is 12.8 Å². The van der Waals surface area contributed by atoms with Gasteiger partial charge in [-0.05, 0) is 36.5 Å². The molecule has 1 atom stereocenters. The van der Waals surface area contributed by atoms with E-state index in [9.17, 15) is 9.59 Å². The molecular formula is C15H16Cl2N4O2. The van der Waals surface area contributed by atoms with E-state index in [4.69, 9.17) is 34.3 Å². The number of rotatable bonds is 4. The Morgan fingerprint density at radius 2 is 2.00 bits per heavy atom. The average molecular weight is 355 g/mol. The molecule has 2 aliphatic rings. The summed E-state index contributed by atoms with van der Waals surface area (Å²) in [5.41, 5.74) is 6.38. The summed E-state index contributed by atoms with van der Waals surface area (Å²) in [6, 6.07) is 2.80. The lowest BCUT2D eigenvalue weighted by molar-refractivity contribution is -0.120. The maximum Gasteiger partial charge on any atom is 0.254 e. The second kappa shape index (κ2) is 6.02. The van der Waals surface area contributed by atoms with Crippen molar-refractivity contribution in [2.75, 3.05) is 6.54 Å². The van der Waals surface area contributed by atoms with Crippen molar-refractivity contribution in [3.63, 3.8) is 0 Å². The minimum absolute atomic E-state index is 0.0308. The van der Waals surface area contributed by atoms with Gasteiger partial charge in [0.05, 0.1) is 22.5 Å². The molecule has 1 aliphatic carbocycles. The molecule has 0 spiro atoms. The topological polar surface area (TPSA) is 99.3 Å². The summed E-state index contributed by atoms with van der Waals surface area (Å²) in [5, 5.41) is 10.1. The monoisotopic (exact) mass is 354 g/mol. The molecular weight excluding hydrogens is 339 g/mol. The molecule has 4 N–H and O–H groups in total. The number of carbonyl (C=O) groups excluding carboxylic acids is 2. The van der Waals surface area contributed by atoms with Gasteiger partial charge in [0.15, 0.2) is 5.96 Å². The zero-order valence-corrected chi connectivity index (χ0v) is 13.7. The first-order valence-electron chi connectivity index (χ1n) is 7.30. The highest BCUT2D eigenvalue weighted by atomic mass is 35.5. The van der Waals surface area contributed by atoms with Crippen LogP contribution in [0.5, 0.6) is 0 Å². The van der Waals surface area contributed by atoms with E-state index < -0.39 is 17.9 Å². The van der Waals surface area contributed by atoms with Crippen LogP contribution < -0.4 is 11.1 Å². The minimum atomic E-state index is -0.414. The lowest BCUT2D eigenvalue weighted by Gasteiger charge is -2.25. The summed E-state index contributed by atoms with van der Waals surface area (Å²) < 4.78 is 0. The van der Waals surface area contributed by atoms with Crippen LogP contribution in [0.25, 0.3) is 0 Å². The standard InChI is InChI=1S/C15H16Cl2N4O2/c16-10-3-8-9(4-11(10)17)14(23)21(6-7-1-2-7)12(8)5-13(22)20-15(18)19/h3-4,7,12H,1-2,5-6H2,(H4,18,19,20,22)/t12-/m1/s1. The van der Waals surface area contributed by atoms with E-state index >= 15 is 0 Å². The highest BCUT2D eigenvalue weighted by molar-refractivity contribution is 6.42. The normalized spacial score (nSPS) is 19.7. The summed E-state index contributed by atoms with van der Waals surface area (Å²) in [6.45, 7) is 0.612. The molecule has 1 saturated carbocycles. The van der Waals surface area contributed by atoms with Crippen LogP contribution in [0.2, 0.25) is 10.0 Å². The average Bonchev–Trinajstić information content (AvgIpc) is 3.24. The molecule has 0 unspecified atom stereocenters. The van der Waals surface area contributed by atoms with Crippen molar-refractivity contribution in [2.24, 2.45) is 11.7 Å². The van der Waals surface area contributed by atoms with Crippen LogP contribution in [0.1, 0.15) is 41.2 Å². The van der Waals surface area contributed by atoms with Crippen molar-refractivity contribution < 1.29 is 9.59 Å². The quantitative estimate of drug-likeness (QED) is 0.571. The molecule has 3 rings (SSSR count). The molecule has 1 aliphatic heterocycles. The molecule has 8 heteroatoms. The Kier molecular flexibility index (Phi) is 4.21. The van der Waals surface area contributed by atoms with Crippen LogP contribution in [0.4, 0.5) is 0 Å². The summed E-state index contributed by atoms with van der Waals surface area (Å²) in [7, 11) is 0. The van der Waals surface area contributed by atoms with E-state index in [1.165, 1.54) is 0 Å². The number of benzene rings is 1. The second-order valence-electron chi connectivity index (χ2n) is 5.94. The van der Waals surface area contributed by atoms with E-state index in [1.54, 1.807) is 17.0 Å². The van der Waals surface area contributed by atoms with E-state index in [-0.39, 0.29) is 12.3 Å². The molecule has 1 aromatic rings. The van der Waals surface area contributed by atoms with Crippen LogP contribution in [-0.4, -0.2) is 29.2 Å². The second-order valence-corrected chi connectivity index (χ2v) is 6.75. The first-order chi connectivity index (χ1) is 10.9. The summed E-state index contributed by atoms with van der Waals surface area (Å²) in [4.78, 5) is 26.4. The van der Waals surface area contributed by atoms with Gasteiger partial charge in [-0.25, -0.2) is 0 Å². The van der Waals surface area contributed by atoms with Crippen molar-refractivity contribution >= 4 is 41.0 Å². The Morgan fingerprint density at radius 1 is 1.35 bits per heavy atom. The van der Waals surface area contributed by atoms with E-state index in [1.807, 2.05) is 0 Å². The fourth-order valence-corrected chi connectivity index (χ4v) is 3.21. The zero-order chi connectivity index (χ0) is 16.7. The maximum absolute atomic E-state index is 12.7. The molecule has 1 aromatic carbocycles. The SMILES string of the molecule is N=C(N)NC(=O)C[C@@H]1c2cc(Cl)c(Cl)cc2C(=O)N1CC1CC1. The van der Waals surface area contributed by atoms with Gasteiger partial charge in [-0.1, -0.05) is 23.2 Å². The number of amides is 2. The Hall–Kier alpha value is -1.79. The predicted octanol–water partition coefficient (Wildman–Crippen LogP) is 2.30. The molecule has 0 aromatic heterocycles. The molecule has 0 radical (unpaired) electrons. The van der Waals surface area contributed by atoms with Gasteiger partial charge in [0, 0.05) is 12.1 Å². The minimum Gasteiger partial charge on any atom is -0.370 e. The predicted molar refractivity (Wildman–Crippen MR) is 87.6 cm³/mol. The first kappa shape index (κ1) is 16.1. The van der Waals surface area contributed by atoms with E-state index in [0.29, 0.717) is 33.6 Å².